The highest BCUT2D eigenvalue weighted by atomic mass is 16.4. The third-order valence-corrected chi connectivity index (χ3v) is 3.39. The number of fused-ring (bicyclic) bond motifs is 1. The van der Waals surface area contributed by atoms with Crippen LogP contribution in [0.5, 0.6) is 5.75 Å². The lowest BCUT2D eigenvalue weighted by Crippen LogP contribution is -2.25. The molecule has 0 saturated heterocycles. The van der Waals surface area contributed by atoms with Gasteiger partial charge in [-0.3, -0.25) is 4.57 Å². The Labute approximate surface area is 109 Å². The molecule has 1 aromatic carbocycles. The van der Waals surface area contributed by atoms with Gasteiger partial charge in [0.2, 0.25) is 0 Å². The molecule has 0 bridgehead atoms. The summed E-state index contributed by atoms with van der Waals surface area (Å²) in [6.45, 7) is 0. The number of carboxylic acid groups (broad SMARTS) is 1. The smallest absolute Gasteiger partial charge is 0.326 e. The fourth-order valence-corrected chi connectivity index (χ4v) is 2.48. The van der Waals surface area contributed by atoms with Gasteiger partial charge in [0.05, 0.1) is 5.56 Å². The van der Waals surface area contributed by atoms with Crippen LogP contribution in [0.25, 0.3) is 11.4 Å². The van der Waals surface area contributed by atoms with E-state index >= 15 is 0 Å². The fraction of sp³-hybridized carbons (Fsp3) is 0.308. The van der Waals surface area contributed by atoms with Gasteiger partial charge in [-0.2, -0.15) is 0 Å². The van der Waals surface area contributed by atoms with E-state index in [-0.39, 0.29) is 5.75 Å². The Hall–Kier alpha value is -2.37. The first-order valence-electron chi connectivity index (χ1n) is 6.13. The second-order valence-electron chi connectivity index (χ2n) is 4.57. The van der Waals surface area contributed by atoms with E-state index in [2.05, 4.69) is 10.2 Å². The standard InChI is InChI=1S/C13H13N3O3/c17-10-6-2-1-4-8(10)12-15-14-11-7-3-5-9(13(18)19)16(11)12/h1-2,4,6,9,17H,3,5,7H2,(H,18,19). The van der Waals surface area contributed by atoms with Gasteiger partial charge in [0.25, 0.3) is 0 Å². The predicted octanol–water partition coefficient (Wildman–Crippen LogP) is 1.61. The van der Waals surface area contributed by atoms with Crippen LogP contribution in [0.15, 0.2) is 24.3 Å². The maximum absolute atomic E-state index is 11.3. The van der Waals surface area contributed by atoms with E-state index in [1.54, 1.807) is 28.8 Å². The van der Waals surface area contributed by atoms with Crippen molar-refractivity contribution in [3.8, 4) is 17.1 Å². The van der Waals surface area contributed by atoms with E-state index in [0.29, 0.717) is 30.1 Å². The molecule has 98 valence electrons. The van der Waals surface area contributed by atoms with Gasteiger partial charge in [0.15, 0.2) is 5.82 Å². The second kappa shape index (κ2) is 4.38. The Morgan fingerprint density at radius 3 is 2.84 bits per heavy atom. The monoisotopic (exact) mass is 259 g/mol. The molecule has 0 fully saturated rings. The minimum atomic E-state index is -0.891. The number of benzene rings is 1. The summed E-state index contributed by atoms with van der Waals surface area (Å²) in [5, 5.41) is 27.3. The van der Waals surface area contributed by atoms with Gasteiger partial charge in [0, 0.05) is 6.42 Å². The van der Waals surface area contributed by atoms with Gasteiger partial charge in [-0.15, -0.1) is 10.2 Å². The van der Waals surface area contributed by atoms with Crippen LogP contribution in [0.1, 0.15) is 24.7 Å². The Morgan fingerprint density at radius 1 is 1.32 bits per heavy atom. The molecular weight excluding hydrogens is 246 g/mol. The van der Waals surface area contributed by atoms with Gasteiger partial charge < -0.3 is 10.2 Å². The number of aromatic hydroxyl groups is 1. The van der Waals surface area contributed by atoms with Crippen LogP contribution in [0.2, 0.25) is 0 Å². The summed E-state index contributed by atoms with van der Waals surface area (Å²) in [4.78, 5) is 11.3. The summed E-state index contributed by atoms with van der Waals surface area (Å²) in [7, 11) is 0. The number of aliphatic carboxylic acids is 1. The molecule has 2 heterocycles. The van der Waals surface area contributed by atoms with E-state index < -0.39 is 12.0 Å². The first-order chi connectivity index (χ1) is 9.18. The fourth-order valence-electron chi connectivity index (χ4n) is 2.48. The molecule has 2 aromatic rings. The molecule has 2 N–H and O–H groups in total. The molecular formula is C13H13N3O3. The summed E-state index contributed by atoms with van der Waals surface area (Å²) in [5.74, 6) is 0.266. The van der Waals surface area contributed by atoms with Crippen LogP contribution >= 0.6 is 0 Å². The van der Waals surface area contributed by atoms with Crippen molar-refractivity contribution in [2.24, 2.45) is 0 Å². The minimum absolute atomic E-state index is 0.0763. The zero-order valence-electron chi connectivity index (χ0n) is 10.2. The van der Waals surface area contributed by atoms with Gasteiger partial charge in [-0.25, -0.2) is 4.79 Å². The van der Waals surface area contributed by atoms with Crippen molar-refractivity contribution in [3.63, 3.8) is 0 Å². The second-order valence-corrected chi connectivity index (χ2v) is 4.57. The van der Waals surface area contributed by atoms with Crippen molar-refractivity contribution in [1.29, 1.82) is 0 Å². The highest BCUT2D eigenvalue weighted by Gasteiger charge is 2.30. The van der Waals surface area contributed by atoms with Crippen molar-refractivity contribution in [3.05, 3.63) is 30.1 Å². The number of phenols is 1. The van der Waals surface area contributed by atoms with E-state index in [0.717, 1.165) is 6.42 Å². The van der Waals surface area contributed by atoms with Gasteiger partial charge >= 0.3 is 5.97 Å². The first-order valence-corrected chi connectivity index (χ1v) is 6.13. The molecule has 0 radical (unpaired) electrons. The average Bonchev–Trinajstić information content (AvgIpc) is 2.82. The highest BCUT2D eigenvalue weighted by molar-refractivity contribution is 5.74. The largest absolute Gasteiger partial charge is 0.507 e. The topological polar surface area (TPSA) is 88.2 Å². The summed E-state index contributed by atoms with van der Waals surface area (Å²) in [5.41, 5.74) is 0.509. The molecule has 0 aliphatic carbocycles. The molecule has 1 atom stereocenters. The van der Waals surface area contributed by atoms with E-state index in [4.69, 9.17) is 0 Å². The molecule has 0 saturated carbocycles. The van der Waals surface area contributed by atoms with Gasteiger partial charge in [0.1, 0.15) is 17.6 Å². The lowest BCUT2D eigenvalue weighted by Gasteiger charge is -2.22. The summed E-state index contributed by atoms with van der Waals surface area (Å²) in [6.07, 6.45) is 2.06. The number of para-hydroxylation sites is 1. The van der Waals surface area contributed by atoms with E-state index in [1.165, 1.54) is 0 Å². The number of aryl methyl sites for hydroxylation is 1. The summed E-state index contributed by atoms with van der Waals surface area (Å²) >= 11 is 0. The number of aromatic nitrogens is 3. The lowest BCUT2D eigenvalue weighted by atomic mass is 10.0. The number of nitrogens with zero attached hydrogens (tertiary/aromatic N) is 3. The number of rotatable bonds is 2. The molecule has 0 amide bonds. The molecule has 1 aromatic heterocycles. The Morgan fingerprint density at radius 2 is 2.11 bits per heavy atom. The first kappa shape index (κ1) is 11.7. The molecule has 6 nitrogen and oxygen atoms in total. The van der Waals surface area contributed by atoms with Crippen LogP contribution in [-0.2, 0) is 11.2 Å². The third-order valence-electron chi connectivity index (χ3n) is 3.39. The normalized spacial score (nSPS) is 18.0. The maximum Gasteiger partial charge on any atom is 0.326 e. The maximum atomic E-state index is 11.3. The number of carbonyl (C=O) groups is 1. The number of hydrogen-bond donors (Lipinski definition) is 2. The van der Waals surface area contributed by atoms with Crippen molar-refractivity contribution >= 4 is 5.97 Å². The molecule has 6 heteroatoms. The number of phenolic OH excluding ortho intramolecular Hbond substituents is 1. The Balaban J connectivity index is 2.17. The average molecular weight is 259 g/mol. The third kappa shape index (κ3) is 1.85. The van der Waals surface area contributed by atoms with Crippen LogP contribution in [0.4, 0.5) is 0 Å². The number of carboxylic acids is 1. The Kier molecular flexibility index (Phi) is 2.70. The minimum Gasteiger partial charge on any atom is -0.507 e. The van der Waals surface area contributed by atoms with Crippen molar-refractivity contribution in [2.75, 3.05) is 0 Å². The highest BCUT2D eigenvalue weighted by Crippen LogP contribution is 2.33. The van der Waals surface area contributed by atoms with Gasteiger partial charge in [-0.1, -0.05) is 12.1 Å². The van der Waals surface area contributed by atoms with Crippen LogP contribution in [-0.4, -0.2) is 30.9 Å². The molecule has 19 heavy (non-hydrogen) atoms. The van der Waals surface area contributed by atoms with E-state index in [1.807, 2.05) is 0 Å². The molecule has 1 aliphatic heterocycles. The van der Waals surface area contributed by atoms with E-state index in [9.17, 15) is 15.0 Å². The SMILES string of the molecule is O=C(O)C1CCCc2nnc(-c3ccccc3O)n21. The lowest BCUT2D eigenvalue weighted by molar-refractivity contribution is -0.141. The summed E-state index contributed by atoms with van der Waals surface area (Å²) in [6, 6.07) is 6.08. The number of hydrogen-bond acceptors (Lipinski definition) is 4. The van der Waals surface area contributed by atoms with Crippen LogP contribution in [0, 0.1) is 0 Å². The van der Waals surface area contributed by atoms with Crippen LogP contribution < -0.4 is 0 Å². The Bertz CT molecular complexity index is 636. The molecule has 1 unspecified atom stereocenters. The quantitative estimate of drug-likeness (QED) is 0.855. The van der Waals surface area contributed by atoms with Crippen molar-refractivity contribution in [1.82, 2.24) is 14.8 Å². The zero-order chi connectivity index (χ0) is 13.4. The van der Waals surface area contributed by atoms with Crippen molar-refractivity contribution < 1.29 is 15.0 Å². The zero-order valence-corrected chi connectivity index (χ0v) is 10.2. The molecule has 1 aliphatic rings. The van der Waals surface area contributed by atoms with Crippen LogP contribution in [0.3, 0.4) is 0 Å². The van der Waals surface area contributed by atoms with Crippen molar-refractivity contribution in [2.45, 2.75) is 25.3 Å². The predicted molar refractivity (Wildman–Crippen MR) is 66.7 cm³/mol. The molecule has 3 rings (SSSR count). The summed E-state index contributed by atoms with van der Waals surface area (Å²) < 4.78 is 1.63. The molecule has 0 spiro atoms. The van der Waals surface area contributed by atoms with Gasteiger partial charge in [-0.05, 0) is 25.0 Å².